The third-order valence-corrected chi connectivity index (χ3v) is 3.71. The van der Waals surface area contributed by atoms with Gasteiger partial charge in [-0.25, -0.2) is 4.79 Å². The summed E-state index contributed by atoms with van der Waals surface area (Å²) in [6.45, 7) is 0. The highest BCUT2D eigenvalue weighted by Gasteiger charge is 2.23. The maximum Gasteiger partial charge on any atom is 0.337 e. The normalized spacial score (nSPS) is 23.1. The van der Waals surface area contributed by atoms with Crippen LogP contribution in [0.1, 0.15) is 36.0 Å². The monoisotopic (exact) mass is 284 g/mol. The van der Waals surface area contributed by atoms with E-state index < -0.39 is 5.97 Å². The summed E-state index contributed by atoms with van der Waals surface area (Å²) in [6.07, 6.45) is 4.21. The molecule has 0 aromatic heterocycles. The number of hydrogen-bond acceptors (Lipinski definition) is 3. The molecule has 0 bridgehead atoms. The fourth-order valence-electron chi connectivity index (χ4n) is 2.36. The molecule has 0 spiro atoms. The zero-order valence-electron chi connectivity index (χ0n) is 10.8. The number of carbonyl (C=O) groups is 1. The van der Waals surface area contributed by atoms with Crippen molar-refractivity contribution in [3.63, 3.8) is 0 Å². The molecule has 1 aromatic carbocycles. The molecule has 1 aromatic rings. The summed E-state index contributed by atoms with van der Waals surface area (Å²) < 4.78 is 11.2. The number of aromatic carboxylic acids is 1. The van der Waals surface area contributed by atoms with Crippen molar-refractivity contribution in [1.82, 2.24) is 0 Å². The van der Waals surface area contributed by atoms with E-state index in [9.17, 15) is 4.79 Å². The van der Waals surface area contributed by atoms with Crippen LogP contribution in [0.4, 0.5) is 0 Å². The van der Waals surface area contributed by atoms with Crippen molar-refractivity contribution >= 4 is 17.6 Å². The van der Waals surface area contributed by atoms with Crippen LogP contribution in [0, 0.1) is 0 Å². The molecule has 0 aliphatic heterocycles. The first-order valence-electron chi connectivity index (χ1n) is 6.32. The number of halogens is 1. The van der Waals surface area contributed by atoms with Gasteiger partial charge in [0.05, 0.1) is 16.7 Å². The minimum absolute atomic E-state index is 0.0678. The zero-order chi connectivity index (χ0) is 13.8. The molecule has 1 saturated carbocycles. The van der Waals surface area contributed by atoms with Gasteiger partial charge in [-0.2, -0.15) is 0 Å². The summed E-state index contributed by atoms with van der Waals surface area (Å²) in [5.41, 5.74) is 0.0678. The molecule has 19 heavy (non-hydrogen) atoms. The van der Waals surface area contributed by atoms with Crippen LogP contribution in [0.25, 0.3) is 0 Å². The summed E-state index contributed by atoms with van der Waals surface area (Å²) >= 11 is 5.82. The Labute approximate surface area is 117 Å². The van der Waals surface area contributed by atoms with Crippen LogP contribution in [0.5, 0.6) is 5.75 Å². The van der Waals surface area contributed by atoms with Crippen molar-refractivity contribution in [3.05, 3.63) is 28.8 Å². The fourth-order valence-corrected chi connectivity index (χ4v) is 2.56. The number of benzene rings is 1. The van der Waals surface area contributed by atoms with Crippen molar-refractivity contribution in [2.45, 2.75) is 37.9 Å². The Bertz CT molecular complexity index is 461. The minimum atomic E-state index is -1.05. The molecular weight excluding hydrogens is 268 g/mol. The van der Waals surface area contributed by atoms with Crippen molar-refractivity contribution in [3.8, 4) is 5.75 Å². The van der Waals surface area contributed by atoms with Crippen LogP contribution in [-0.2, 0) is 4.74 Å². The number of carboxylic acids is 1. The van der Waals surface area contributed by atoms with Crippen molar-refractivity contribution in [1.29, 1.82) is 0 Å². The van der Waals surface area contributed by atoms with E-state index in [-0.39, 0.29) is 22.8 Å². The standard InChI is InChI=1S/C14H17ClO4/c1-18-9-3-2-4-10(7-9)19-11-5-6-13(15)12(8-11)14(16)17/h5-6,8-10H,2-4,7H2,1H3,(H,16,17). The lowest BCUT2D eigenvalue weighted by atomic mass is 9.95. The Hall–Kier alpha value is -1.26. The third-order valence-electron chi connectivity index (χ3n) is 3.38. The summed E-state index contributed by atoms with van der Waals surface area (Å²) in [7, 11) is 1.71. The summed E-state index contributed by atoms with van der Waals surface area (Å²) in [5, 5.41) is 9.24. The van der Waals surface area contributed by atoms with E-state index >= 15 is 0 Å². The number of rotatable bonds is 4. The second kappa shape index (κ2) is 6.26. The third kappa shape index (κ3) is 3.61. The zero-order valence-corrected chi connectivity index (χ0v) is 11.5. The largest absolute Gasteiger partial charge is 0.490 e. The van der Waals surface area contributed by atoms with E-state index in [0.29, 0.717) is 5.75 Å². The smallest absolute Gasteiger partial charge is 0.337 e. The first-order chi connectivity index (χ1) is 9.10. The highest BCUT2D eigenvalue weighted by atomic mass is 35.5. The highest BCUT2D eigenvalue weighted by molar-refractivity contribution is 6.33. The van der Waals surface area contributed by atoms with Crippen LogP contribution in [0.3, 0.4) is 0 Å². The Kier molecular flexibility index (Phi) is 4.66. The van der Waals surface area contributed by atoms with Gasteiger partial charge in [0.1, 0.15) is 11.9 Å². The molecule has 4 nitrogen and oxygen atoms in total. The molecule has 2 atom stereocenters. The van der Waals surface area contributed by atoms with Gasteiger partial charge in [0.15, 0.2) is 0 Å². The second-order valence-corrected chi connectivity index (χ2v) is 5.12. The molecule has 1 aliphatic rings. The molecule has 0 saturated heterocycles. The Morgan fingerprint density at radius 1 is 1.37 bits per heavy atom. The quantitative estimate of drug-likeness (QED) is 0.921. The van der Waals surface area contributed by atoms with Crippen LogP contribution < -0.4 is 4.74 Å². The predicted molar refractivity (Wildman–Crippen MR) is 72.1 cm³/mol. The Balaban J connectivity index is 2.06. The lowest BCUT2D eigenvalue weighted by molar-refractivity contribution is 0.0209. The molecule has 1 fully saturated rings. The van der Waals surface area contributed by atoms with Crippen LogP contribution in [-0.4, -0.2) is 30.4 Å². The van der Waals surface area contributed by atoms with Gasteiger partial charge in [0.25, 0.3) is 0 Å². The van der Waals surface area contributed by atoms with Gasteiger partial charge in [-0.1, -0.05) is 11.6 Å². The van der Waals surface area contributed by atoms with Gasteiger partial charge < -0.3 is 14.6 Å². The van der Waals surface area contributed by atoms with Crippen LogP contribution in [0.2, 0.25) is 5.02 Å². The lowest BCUT2D eigenvalue weighted by Gasteiger charge is -2.28. The van der Waals surface area contributed by atoms with Gasteiger partial charge >= 0.3 is 5.97 Å². The molecule has 104 valence electrons. The van der Waals surface area contributed by atoms with Gasteiger partial charge in [-0.15, -0.1) is 0 Å². The molecule has 1 N–H and O–H groups in total. The summed E-state index contributed by atoms with van der Waals surface area (Å²) in [5.74, 6) is -0.502. The number of ether oxygens (including phenoxy) is 2. The topological polar surface area (TPSA) is 55.8 Å². The van der Waals surface area contributed by atoms with E-state index in [4.69, 9.17) is 26.2 Å². The highest BCUT2D eigenvalue weighted by Crippen LogP contribution is 2.27. The van der Waals surface area contributed by atoms with Crippen molar-refractivity contribution in [2.75, 3.05) is 7.11 Å². The first kappa shape index (κ1) is 14.2. The van der Waals surface area contributed by atoms with Gasteiger partial charge in [-0.05, 0) is 37.5 Å². The van der Waals surface area contributed by atoms with E-state index in [2.05, 4.69) is 0 Å². The molecule has 1 aliphatic carbocycles. The van der Waals surface area contributed by atoms with Gasteiger partial charge in [-0.3, -0.25) is 0 Å². The van der Waals surface area contributed by atoms with E-state index in [1.165, 1.54) is 6.07 Å². The van der Waals surface area contributed by atoms with E-state index in [1.54, 1.807) is 19.2 Å². The number of carboxylic acid groups (broad SMARTS) is 1. The molecule has 0 amide bonds. The first-order valence-corrected chi connectivity index (χ1v) is 6.70. The molecular formula is C14H17ClO4. The number of hydrogen-bond donors (Lipinski definition) is 1. The minimum Gasteiger partial charge on any atom is -0.490 e. The second-order valence-electron chi connectivity index (χ2n) is 4.71. The van der Waals surface area contributed by atoms with E-state index in [1.807, 2.05) is 0 Å². The molecule has 0 heterocycles. The SMILES string of the molecule is COC1CCCC(Oc2ccc(Cl)c(C(=O)O)c2)C1. The molecule has 2 rings (SSSR count). The van der Waals surface area contributed by atoms with Crippen molar-refractivity contribution in [2.24, 2.45) is 0 Å². The van der Waals surface area contributed by atoms with Crippen LogP contribution >= 0.6 is 11.6 Å². The Morgan fingerprint density at radius 2 is 2.11 bits per heavy atom. The lowest BCUT2D eigenvalue weighted by Crippen LogP contribution is -2.29. The fraction of sp³-hybridized carbons (Fsp3) is 0.500. The molecule has 2 unspecified atom stereocenters. The van der Waals surface area contributed by atoms with E-state index in [0.717, 1.165) is 25.7 Å². The Morgan fingerprint density at radius 3 is 2.79 bits per heavy atom. The molecule has 0 radical (unpaired) electrons. The van der Waals surface area contributed by atoms with Crippen molar-refractivity contribution < 1.29 is 19.4 Å². The maximum absolute atomic E-state index is 11.0. The maximum atomic E-state index is 11.0. The predicted octanol–water partition coefficient (Wildman–Crippen LogP) is 3.37. The van der Waals surface area contributed by atoms with Crippen LogP contribution in [0.15, 0.2) is 18.2 Å². The summed E-state index contributed by atoms with van der Waals surface area (Å²) in [6, 6.07) is 4.73. The summed E-state index contributed by atoms with van der Waals surface area (Å²) in [4.78, 5) is 11.0. The van der Waals surface area contributed by atoms with Gasteiger partial charge in [0.2, 0.25) is 0 Å². The number of methoxy groups -OCH3 is 1. The average Bonchev–Trinajstić information content (AvgIpc) is 2.41. The molecule has 5 heteroatoms. The average molecular weight is 285 g/mol. The van der Waals surface area contributed by atoms with Gasteiger partial charge in [0, 0.05) is 13.5 Å².